The van der Waals surface area contributed by atoms with Crippen LogP contribution in [-0.4, -0.2) is 7.85 Å². The van der Waals surface area contributed by atoms with Gasteiger partial charge in [-0.15, -0.1) is 0 Å². The molecular weight excluding hydrogens is 427 g/mol. The molecule has 2 heteroatoms. The Morgan fingerprint density at radius 2 is 1.26 bits per heavy atom. The number of hydrogen-bond acceptors (Lipinski definition) is 1. The molecule has 0 saturated heterocycles. The lowest BCUT2D eigenvalue weighted by Gasteiger charge is -2.46. The molecule has 0 N–H and O–H groups in total. The normalized spacial score (nSPS) is 17.4. The molecule has 0 amide bonds. The van der Waals surface area contributed by atoms with Crippen LogP contribution in [0.4, 0.5) is 0 Å². The van der Waals surface area contributed by atoms with E-state index in [2.05, 4.69) is 109 Å². The van der Waals surface area contributed by atoms with Crippen LogP contribution in [0.25, 0.3) is 11.1 Å². The van der Waals surface area contributed by atoms with E-state index in [9.17, 15) is 0 Å². The SMILES string of the molecule is [B]c1cccc2c1Sc1ccccc1C21c2ccccc2Cc2cc(-c3ccccc3)ccc21. The average Bonchev–Trinajstić information content (AvgIpc) is 2.89. The molecule has 0 fully saturated rings. The second-order valence-corrected chi connectivity index (χ2v) is 10.2. The minimum Gasteiger partial charge on any atom is -0.0900 e. The molecule has 1 unspecified atom stereocenters. The van der Waals surface area contributed by atoms with Crippen molar-refractivity contribution >= 4 is 25.1 Å². The van der Waals surface area contributed by atoms with Gasteiger partial charge in [-0.1, -0.05) is 126 Å². The van der Waals surface area contributed by atoms with Crippen molar-refractivity contribution < 1.29 is 0 Å². The predicted octanol–water partition coefficient (Wildman–Crippen LogP) is 6.90. The van der Waals surface area contributed by atoms with Gasteiger partial charge in [-0.25, -0.2) is 0 Å². The summed E-state index contributed by atoms with van der Waals surface area (Å²) in [4.78, 5) is 2.46. The molecule has 34 heavy (non-hydrogen) atoms. The first-order chi connectivity index (χ1) is 16.8. The van der Waals surface area contributed by atoms with E-state index in [-0.39, 0.29) is 5.41 Å². The molecule has 0 bridgehead atoms. The summed E-state index contributed by atoms with van der Waals surface area (Å²) in [5, 5.41) is 0. The van der Waals surface area contributed by atoms with Crippen LogP contribution in [0.3, 0.4) is 0 Å². The van der Waals surface area contributed by atoms with Gasteiger partial charge in [0, 0.05) is 9.79 Å². The molecule has 1 atom stereocenters. The van der Waals surface area contributed by atoms with E-state index in [1.165, 1.54) is 54.3 Å². The van der Waals surface area contributed by atoms with Gasteiger partial charge in [0.1, 0.15) is 7.85 Å². The fourth-order valence-electron chi connectivity index (χ4n) is 5.97. The van der Waals surface area contributed by atoms with Crippen LogP contribution in [0.15, 0.2) is 125 Å². The smallest absolute Gasteiger partial charge is 0.0900 e. The van der Waals surface area contributed by atoms with E-state index in [4.69, 9.17) is 7.85 Å². The Morgan fingerprint density at radius 1 is 0.559 bits per heavy atom. The lowest BCUT2D eigenvalue weighted by atomic mass is 9.59. The lowest BCUT2D eigenvalue weighted by Crippen LogP contribution is -2.39. The molecular formula is C32H21BS. The molecule has 5 aromatic rings. The zero-order chi connectivity index (χ0) is 22.7. The molecule has 0 saturated carbocycles. The Balaban J connectivity index is 1.61. The largest absolute Gasteiger partial charge is 0.115 e. The summed E-state index contributed by atoms with van der Waals surface area (Å²) in [6.45, 7) is 0. The Labute approximate surface area is 206 Å². The molecule has 7 rings (SSSR count). The maximum atomic E-state index is 6.61. The molecule has 0 aromatic heterocycles. The third-order valence-corrected chi connectivity index (χ3v) is 8.61. The summed E-state index contributed by atoms with van der Waals surface area (Å²) in [5.74, 6) is 0. The standard InChI is InChI=1S/C32H21BS/c33-29-15-8-14-28-31(29)34-30-16-7-6-13-27(30)32(28)25-12-5-4-11-23(25)20-24-19-22(17-18-26(24)32)21-9-2-1-3-10-21/h1-19H,20H2. The molecule has 2 aliphatic rings. The Hall–Kier alpha value is -3.49. The van der Waals surface area contributed by atoms with Gasteiger partial charge in [-0.05, 0) is 57.0 Å². The predicted molar refractivity (Wildman–Crippen MR) is 143 cm³/mol. The summed E-state index contributed by atoms with van der Waals surface area (Å²) in [6.07, 6.45) is 0.931. The maximum absolute atomic E-state index is 6.61. The van der Waals surface area contributed by atoms with Crippen LogP contribution in [-0.2, 0) is 11.8 Å². The summed E-state index contributed by atoms with van der Waals surface area (Å²) in [5.41, 5.74) is 11.1. The fraction of sp³-hybridized carbons (Fsp3) is 0.0625. The third kappa shape index (κ3) is 2.69. The van der Waals surface area contributed by atoms with E-state index < -0.39 is 0 Å². The van der Waals surface area contributed by atoms with Crippen LogP contribution in [0.2, 0.25) is 0 Å². The van der Waals surface area contributed by atoms with E-state index >= 15 is 0 Å². The third-order valence-electron chi connectivity index (χ3n) is 7.37. The minimum atomic E-state index is -0.383. The molecule has 158 valence electrons. The van der Waals surface area contributed by atoms with Crippen LogP contribution < -0.4 is 5.46 Å². The summed E-state index contributed by atoms with van der Waals surface area (Å²) in [6, 6.07) is 42.0. The van der Waals surface area contributed by atoms with Crippen molar-refractivity contribution in [2.24, 2.45) is 0 Å². The first-order valence-electron chi connectivity index (χ1n) is 11.7. The van der Waals surface area contributed by atoms with Crippen LogP contribution in [0.1, 0.15) is 33.4 Å². The highest BCUT2D eigenvalue weighted by Crippen LogP contribution is 2.58. The van der Waals surface area contributed by atoms with Crippen molar-refractivity contribution in [1.29, 1.82) is 0 Å². The minimum absolute atomic E-state index is 0.383. The molecule has 1 spiro atoms. The van der Waals surface area contributed by atoms with Crippen molar-refractivity contribution in [3.8, 4) is 11.1 Å². The van der Waals surface area contributed by atoms with Crippen molar-refractivity contribution in [1.82, 2.24) is 0 Å². The summed E-state index contributed by atoms with van der Waals surface area (Å²) >= 11 is 1.80. The van der Waals surface area contributed by atoms with Gasteiger partial charge in [0.25, 0.3) is 0 Å². The number of rotatable bonds is 1. The fourth-order valence-corrected chi connectivity index (χ4v) is 7.19. The Morgan fingerprint density at radius 3 is 2.15 bits per heavy atom. The molecule has 0 nitrogen and oxygen atoms in total. The van der Waals surface area contributed by atoms with E-state index in [0.717, 1.165) is 11.9 Å². The van der Waals surface area contributed by atoms with Gasteiger partial charge in [-0.3, -0.25) is 0 Å². The summed E-state index contributed by atoms with van der Waals surface area (Å²) < 4.78 is 0. The maximum Gasteiger partial charge on any atom is 0.115 e. The number of hydrogen-bond donors (Lipinski definition) is 0. The summed E-state index contributed by atoms with van der Waals surface area (Å²) in [7, 11) is 6.61. The number of benzene rings is 5. The van der Waals surface area contributed by atoms with Gasteiger partial charge in [0.15, 0.2) is 0 Å². The second-order valence-electron chi connectivity index (χ2n) is 9.14. The van der Waals surface area contributed by atoms with E-state index in [1.807, 2.05) is 6.07 Å². The zero-order valence-electron chi connectivity index (χ0n) is 18.7. The highest BCUT2D eigenvalue weighted by atomic mass is 32.2. The van der Waals surface area contributed by atoms with E-state index in [1.54, 1.807) is 11.8 Å². The monoisotopic (exact) mass is 448 g/mol. The first-order valence-corrected chi connectivity index (χ1v) is 12.5. The highest BCUT2D eigenvalue weighted by molar-refractivity contribution is 7.99. The molecule has 1 aliphatic heterocycles. The second kappa shape index (κ2) is 7.51. The van der Waals surface area contributed by atoms with Crippen molar-refractivity contribution in [3.05, 3.63) is 149 Å². The van der Waals surface area contributed by atoms with Gasteiger partial charge in [0.05, 0.1) is 5.41 Å². The Bertz CT molecular complexity index is 1560. The van der Waals surface area contributed by atoms with Crippen molar-refractivity contribution in [3.63, 3.8) is 0 Å². The molecule has 1 aliphatic carbocycles. The molecule has 1 heterocycles. The van der Waals surface area contributed by atoms with Crippen molar-refractivity contribution in [2.75, 3.05) is 0 Å². The topological polar surface area (TPSA) is 0 Å². The van der Waals surface area contributed by atoms with Crippen molar-refractivity contribution in [2.45, 2.75) is 21.6 Å². The zero-order valence-corrected chi connectivity index (χ0v) is 19.5. The van der Waals surface area contributed by atoms with Gasteiger partial charge < -0.3 is 0 Å². The van der Waals surface area contributed by atoms with Crippen LogP contribution in [0.5, 0.6) is 0 Å². The molecule has 5 aromatic carbocycles. The Kier molecular flexibility index (Phi) is 4.41. The van der Waals surface area contributed by atoms with E-state index in [0.29, 0.717) is 0 Å². The van der Waals surface area contributed by atoms with Crippen LogP contribution >= 0.6 is 11.8 Å². The van der Waals surface area contributed by atoms with Gasteiger partial charge in [-0.2, -0.15) is 0 Å². The number of fused-ring (bicyclic) bond motifs is 8. The van der Waals surface area contributed by atoms with Gasteiger partial charge in [0.2, 0.25) is 0 Å². The first kappa shape index (κ1) is 19.9. The lowest BCUT2D eigenvalue weighted by molar-refractivity contribution is 0.670. The van der Waals surface area contributed by atoms with Crippen LogP contribution in [0, 0.1) is 0 Å². The molecule has 2 radical (unpaired) electrons. The van der Waals surface area contributed by atoms with Gasteiger partial charge >= 0.3 is 0 Å². The quantitative estimate of drug-likeness (QED) is 0.246. The highest BCUT2D eigenvalue weighted by Gasteiger charge is 2.48. The average molecular weight is 448 g/mol.